The quantitative estimate of drug-likeness (QED) is 0.384. The first-order valence-electron chi connectivity index (χ1n) is 10.1. The van der Waals surface area contributed by atoms with Crippen LogP contribution in [0.4, 0.5) is 0 Å². The largest absolute Gasteiger partial charge is 0.507 e. The van der Waals surface area contributed by atoms with Gasteiger partial charge in [0, 0.05) is 18.7 Å². The number of likely N-dealkylation sites (tertiary alicyclic amines) is 1. The molecule has 3 rings (SSSR count). The number of likely N-dealkylation sites (N-methyl/N-ethyl adjacent to an activating group) is 1. The van der Waals surface area contributed by atoms with Gasteiger partial charge in [-0.05, 0) is 43.9 Å². The van der Waals surface area contributed by atoms with Gasteiger partial charge in [0.05, 0.1) is 32.9 Å². The number of hydrogen-bond donors (Lipinski definition) is 1. The molecule has 1 amide bonds. The normalized spacial score (nSPS) is 17.7. The van der Waals surface area contributed by atoms with E-state index >= 15 is 0 Å². The Morgan fingerprint density at radius 1 is 1.00 bits per heavy atom. The van der Waals surface area contributed by atoms with Gasteiger partial charge in [0.2, 0.25) is 0 Å². The number of ketones is 1. The zero-order chi connectivity index (χ0) is 23.4. The highest BCUT2D eigenvalue weighted by molar-refractivity contribution is 6.46. The second-order valence-corrected chi connectivity index (χ2v) is 7.64. The van der Waals surface area contributed by atoms with Crippen molar-refractivity contribution in [2.24, 2.45) is 0 Å². The molecule has 0 aliphatic carbocycles. The molecule has 0 unspecified atom stereocenters. The van der Waals surface area contributed by atoms with Crippen LogP contribution in [-0.4, -0.2) is 75.1 Å². The summed E-state index contributed by atoms with van der Waals surface area (Å²) in [6, 6.07) is 11.1. The Morgan fingerprint density at radius 2 is 1.72 bits per heavy atom. The maximum absolute atomic E-state index is 13.1. The molecule has 0 saturated carbocycles. The van der Waals surface area contributed by atoms with Crippen molar-refractivity contribution in [1.82, 2.24) is 9.80 Å². The van der Waals surface area contributed by atoms with E-state index in [9.17, 15) is 14.7 Å². The van der Waals surface area contributed by atoms with Crippen LogP contribution < -0.4 is 14.2 Å². The van der Waals surface area contributed by atoms with E-state index in [4.69, 9.17) is 14.2 Å². The fraction of sp³-hybridized carbons (Fsp3) is 0.333. The van der Waals surface area contributed by atoms with Crippen LogP contribution in [0.25, 0.3) is 5.76 Å². The molecular formula is C24H28N2O6. The third-order valence-corrected chi connectivity index (χ3v) is 5.39. The average molecular weight is 440 g/mol. The lowest BCUT2D eigenvalue weighted by Crippen LogP contribution is -2.35. The molecule has 8 nitrogen and oxygen atoms in total. The molecule has 1 N–H and O–H groups in total. The molecule has 32 heavy (non-hydrogen) atoms. The zero-order valence-corrected chi connectivity index (χ0v) is 18.9. The van der Waals surface area contributed by atoms with Crippen LogP contribution in [0.1, 0.15) is 17.2 Å². The van der Waals surface area contributed by atoms with Crippen LogP contribution in [0.2, 0.25) is 0 Å². The van der Waals surface area contributed by atoms with Gasteiger partial charge in [-0.3, -0.25) is 9.59 Å². The van der Waals surface area contributed by atoms with Crippen molar-refractivity contribution in [3.8, 4) is 17.2 Å². The van der Waals surface area contributed by atoms with Crippen molar-refractivity contribution >= 4 is 17.4 Å². The number of carbonyl (C=O) groups is 2. The lowest BCUT2D eigenvalue weighted by molar-refractivity contribution is -0.140. The van der Waals surface area contributed by atoms with Gasteiger partial charge in [-0.15, -0.1) is 0 Å². The molecule has 8 heteroatoms. The smallest absolute Gasteiger partial charge is 0.295 e. The van der Waals surface area contributed by atoms with Gasteiger partial charge in [-0.1, -0.05) is 18.2 Å². The predicted octanol–water partition coefficient (Wildman–Crippen LogP) is 2.70. The summed E-state index contributed by atoms with van der Waals surface area (Å²) in [7, 11) is 8.34. The molecule has 1 atom stereocenters. The van der Waals surface area contributed by atoms with Gasteiger partial charge in [0.1, 0.15) is 11.5 Å². The topological polar surface area (TPSA) is 88.5 Å². The molecule has 1 fully saturated rings. The van der Waals surface area contributed by atoms with Crippen molar-refractivity contribution < 1.29 is 28.9 Å². The van der Waals surface area contributed by atoms with E-state index in [0.29, 0.717) is 41.5 Å². The van der Waals surface area contributed by atoms with Gasteiger partial charge in [0.15, 0.2) is 11.5 Å². The number of aliphatic hydroxyl groups excluding tert-OH is 1. The summed E-state index contributed by atoms with van der Waals surface area (Å²) >= 11 is 0. The van der Waals surface area contributed by atoms with Crippen molar-refractivity contribution in [1.29, 1.82) is 0 Å². The number of rotatable bonds is 8. The van der Waals surface area contributed by atoms with Gasteiger partial charge in [0.25, 0.3) is 11.7 Å². The fourth-order valence-corrected chi connectivity index (χ4v) is 3.71. The third-order valence-electron chi connectivity index (χ3n) is 5.39. The standard InChI is InChI=1S/C24H28N2O6/c1-25(2)11-12-26-21(15-9-10-18(31-4)19(14-15)32-5)20(23(28)24(26)29)22(27)16-7-6-8-17(13-16)30-3/h6-10,13-14,21,27H,11-12H2,1-5H3/b22-20+/t21-/m1/s1. The summed E-state index contributed by atoms with van der Waals surface area (Å²) in [5.41, 5.74) is 1.04. The van der Waals surface area contributed by atoms with Crippen LogP contribution in [0.5, 0.6) is 17.2 Å². The number of hydrogen-bond acceptors (Lipinski definition) is 7. The summed E-state index contributed by atoms with van der Waals surface area (Å²) in [4.78, 5) is 29.5. The fourth-order valence-electron chi connectivity index (χ4n) is 3.71. The lowest BCUT2D eigenvalue weighted by atomic mass is 9.95. The third kappa shape index (κ3) is 4.40. The Morgan fingerprint density at radius 3 is 2.34 bits per heavy atom. The van der Waals surface area contributed by atoms with Gasteiger partial charge < -0.3 is 29.1 Å². The number of benzene rings is 2. The predicted molar refractivity (Wildman–Crippen MR) is 120 cm³/mol. The molecule has 0 aromatic heterocycles. The number of ether oxygens (including phenoxy) is 3. The van der Waals surface area contributed by atoms with Crippen molar-refractivity contribution in [2.75, 3.05) is 48.5 Å². The SMILES string of the molecule is COc1cccc(/C(O)=C2\C(=O)C(=O)N(CCN(C)C)[C@@H]2c2ccc(OC)c(OC)c2)c1. The first-order chi connectivity index (χ1) is 15.3. The van der Waals surface area contributed by atoms with Crippen molar-refractivity contribution in [3.05, 3.63) is 59.2 Å². The number of aliphatic hydroxyl groups is 1. The highest BCUT2D eigenvalue weighted by Crippen LogP contribution is 2.42. The van der Waals surface area contributed by atoms with E-state index in [-0.39, 0.29) is 11.3 Å². The van der Waals surface area contributed by atoms with E-state index in [2.05, 4.69) is 0 Å². The molecule has 2 aromatic carbocycles. The minimum absolute atomic E-state index is 0.0224. The van der Waals surface area contributed by atoms with Gasteiger partial charge >= 0.3 is 0 Å². The van der Waals surface area contributed by atoms with Crippen LogP contribution in [0.3, 0.4) is 0 Å². The van der Waals surface area contributed by atoms with Crippen LogP contribution in [0, 0.1) is 0 Å². The molecular weight excluding hydrogens is 412 g/mol. The van der Waals surface area contributed by atoms with Crippen molar-refractivity contribution in [2.45, 2.75) is 6.04 Å². The Labute approximate surface area is 187 Å². The molecule has 2 aromatic rings. The average Bonchev–Trinajstić information content (AvgIpc) is 3.06. The van der Waals surface area contributed by atoms with E-state index in [1.807, 2.05) is 19.0 Å². The number of Topliss-reactive ketones (excluding diaryl/α,β-unsaturated/α-hetero) is 1. The van der Waals surface area contributed by atoms with Crippen LogP contribution in [0.15, 0.2) is 48.0 Å². The van der Waals surface area contributed by atoms with Gasteiger partial charge in [-0.25, -0.2) is 0 Å². The Kier molecular flexibility index (Phi) is 7.05. The first kappa shape index (κ1) is 23.1. The lowest BCUT2D eigenvalue weighted by Gasteiger charge is -2.27. The Bertz CT molecular complexity index is 1050. The molecule has 0 bridgehead atoms. The molecule has 1 saturated heterocycles. The first-order valence-corrected chi connectivity index (χ1v) is 10.1. The zero-order valence-electron chi connectivity index (χ0n) is 18.9. The molecule has 1 heterocycles. The van der Waals surface area contributed by atoms with E-state index in [1.165, 1.54) is 26.2 Å². The van der Waals surface area contributed by atoms with Gasteiger partial charge in [-0.2, -0.15) is 0 Å². The second-order valence-electron chi connectivity index (χ2n) is 7.64. The maximum atomic E-state index is 13.1. The van der Waals surface area contributed by atoms with Crippen molar-refractivity contribution in [3.63, 3.8) is 0 Å². The number of carbonyl (C=O) groups excluding carboxylic acids is 2. The monoisotopic (exact) mass is 440 g/mol. The van der Waals surface area contributed by atoms with Crippen LogP contribution >= 0.6 is 0 Å². The summed E-state index contributed by atoms with van der Waals surface area (Å²) < 4.78 is 16.0. The van der Waals surface area contributed by atoms with Crippen LogP contribution in [-0.2, 0) is 9.59 Å². The second kappa shape index (κ2) is 9.74. The Balaban J connectivity index is 2.19. The molecule has 170 valence electrons. The van der Waals surface area contributed by atoms with E-state index < -0.39 is 17.7 Å². The number of amides is 1. The minimum atomic E-state index is -0.777. The molecule has 1 aliphatic heterocycles. The van der Waals surface area contributed by atoms with E-state index in [0.717, 1.165) is 0 Å². The summed E-state index contributed by atoms with van der Waals surface area (Å²) in [6.07, 6.45) is 0. The molecule has 0 spiro atoms. The Hall–Kier alpha value is -3.52. The summed E-state index contributed by atoms with van der Waals surface area (Å²) in [6.45, 7) is 0.863. The highest BCUT2D eigenvalue weighted by Gasteiger charge is 2.46. The summed E-state index contributed by atoms with van der Waals surface area (Å²) in [5, 5.41) is 11.1. The summed E-state index contributed by atoms with van der Waals surface area (Å²) in [5.74, 6) is -0.133. The molecule has 0 radical (unpaired) electrons. The number of nitrogens with zero attached hydrogens (tertiary/aromatic N) is 2. The molecule has 1 aliphatic rings. The maximum Gasteiger partial charge on any atom is 0.295 e. The van der Waals surface area contributed by atoms with E-state index in [1.54, 1.807) is 42.5 Å². The minimum Gasteiger partial charge on any atom is -0.507 e. The number of methoxy groups -OCH3 is 3. The highest BCUT2D eigenvalue weighted by atomic mass is 16.5.